The fraction of sp³-hybridized carbons (Fsp3) is 0.267. The Hall–Kier alpha value is -2.41. The molecule has 0 spiro atoms. The molecule has 0 radical (unpaired) electrons. The van der Waals surface area contributed by atoms with Crippen LogP contribution in [-0.4, -0.2) is 21.6 Å². The molecular weight excluding hydrogens is 304 g/mol. The largest absolute Gasteiger partial charge is 0.478 e. The highest BCUT2D eigenvalue weighted by atomic mass is 32.1. The number of carboxylic acid groups (broad SMARTS) is 1. The van der Waals surface area contributed by atoms with Gasteiger partial charge in [0, 0.05) is 17.1 Å². The summed E-state index contributed by atoms with van der Waals surface area (Å²) in [5.74, 6) is -1.30. The molecule has 0 aliphatic carbocycles. The summed E-state index contributed by atoms with van der Waals surface area (Å²) in [6, 6.07) is 6.36. The van der Waals surface area contributed by atoms with Gasteiger partial charge in [0.25, 0.3) is 0 Å². The Bertz CT molecular complexity index is 776. The molecule has 1 aromatic carbocycles. The number of aromatic carboxylic acids is 1. The van der Waals surface area contributed by atoms with E-state index in [9.17, 15) is 14.4 Å². The van der Waals surface area contributed by atoms with Gasteiger partial charge in [-0.1, -0.05) is 23.5 Å². The molecule has 0 aliphatic heterocycles. The van der Waals surface area contributed by atoms with Gasteiger partial charge in [0.05, 0.1) is 5.56 Å². The summed E-state index contributed by atoms with van der Waals surface area (Å²) in [4.78, 5) is 35.3. The number of rotatable bonds is 5. The number of nitrogens with zero attached hydrogens (tertiary/aromatic N) is 1. The molecule has 0 bridgehead atoms. The van der Waals surface area contributed by atoms with Gasteiger partial charge in [0.2, 0.25) is 5.91 Å². The van der Waals surface area contributed by atoms with Crippen LogP contribution >= 0.6 is 11.3 Å². The minimum Gasteiger partial charge on any atom is -0.478 e. The zero-order valence-corrected chi connectivity index (χ0v) is 13.1. The normalized spacial score (nSPS) is 10.5. The van der Waals surface area contributed by atoms with Gasteiger partial charge in [-0.05, 0) is 31.5 Å². The first kappa shape index (κ1) is 16.0. The molecule has 0 fully saturated rings. The second kappa shape index (κ2) is 6.57. The highest BCUT2D eigenvalue weighted by Crippen LogP contribution is 2.09. The molecule has 2 aromatic rings. The number of hydrogen-bond donors (Lipinski definition) is 2. The van der Waals surface area contributed by atoms with Gasteiger partial charge in [-0.2, -0.15) is 0 Å². The molecule has 0 saturated carbocycles. The van der Waals surface area contributed by atoms with E-state index in [2.05, 4.69) is 5.32 Å². The van der Waals surface area contributed by atoms with E-state index in [0.29, 0.717) is 5.56 Å². The molecular formula is C15H16N2O4S. The monoisotopic (exact) mass is 320 g/mol. The third-order valence-electron chi connectivity index (χ3n) is 3.34. The Labute approximate surface area is 131 Å². The van der Waals surface area contributed by atoms with Crippen LogP contribution in [0, 0.1) is 13.8 Å². The summed E-state index contributed by atoms with van der Waals surface area (Å²) < 4.78 is 1.43. The highest BCUT2D eigenvalue weighted by Gasteiger charge is 2.11. The molecule has 0 aliphatic rings. The van der Waals surface area contributed by atoms with Crippen LogP contribution in [0.4, 0.5) is 0 Å². The second-order valence-corrected chi connectivity index (χ2v) is 6.04. The molecule has 1 heterocycles. The lowest BCUT2D eigenvalue weighted by Crippen LogP contribution is -2.30. The third-order valence-corrected chi connectivity index (χ3v) is 4.34. The fourth-order valence-corrected chi connectivity index (χ4v) is 2.82. The lowest BCUT2D eigenvalue weighted by molar-refractivity contribution is -0.121. The van der Waals surface area contributed by atoms with Gasteiger partial charge in [-0.25, -0.2) is 4.79 Å². The third kappa shape index (κ3) is 3.62. The first-order valence-corrected chi connectivity index (χ1v) is 7.46. The quantitative estimate of drug-likeness (QED) is 0.874. The number of carbonyl (C=O) groups excluding carboxylic acids is 1. The maximum Gasteiger partial charge on any atom is 0.335 e. The summed E-state index contributed by atoms with van der Waals surface area (Å²) in [5, 5.41) is 11.6. The molecule has 6 nitrogen and oxygen atoms in total. The van der Waals surface area contributed by atoms with Crippen molar-refractivity contribution in [3.63, 3.8) is 0 Å². The Morgan fingerprint density at radius 2 is 2.05 bits per heavy atom. The van der Waals surface area contributed by atoms with Crippen LogP contribution in [0.3, 0.4) is 0 Å². The second-order valence-electron chi connectivity index (χ2n) is 4.88. The van der Waals surface area contributed by atoms with Crippen molar-refractivity contribution in [3.8, 4) is 0 Å². The molecule has 0 atom stereocenters. The highest BCUT2D eigenvalue weighted by molar-refractivity contribution is 7.09. The maximum absolute atomic E-state index is 11.9. The summed E-state index contributed by atoms with van der Waals surface area (Å²) >= 11 is 1.12. The molecule has 2 rings (SSSR count). The number of nitrogens with one attached hydrogen (secondary N) is 1. The number of thiazole rings is 1. The first-order valence-electron chi connectivity index (χ1n) is 6.64. The van der Waals surface area contributed by atoms with E-state index in [-0.39, 0.29) is 29.4 Å². The van der Waals surface area contributed by atoms with Crippen molar-refractivity contribution >= 4 is 23.2 Å². The van der Waals surface area contributed by atoms with Crippen molar-refractivity contribution in [1.29, 1.82) is 0 Å². The van der Waals surface area contributed by atoms with E-state index in [1.54, 1.807) is 19.1 Å². The van der Waals surface area contributed by atoms with Crippen LogP contribution in [0.15, 0.2) is 29.1 Å². The predicted molar refractivity (Wildman–Crippen MR) is 83.3 cm³/mol. The molecule has 0 unspecified atom stereocenters. The number of aromatic nitrogens is 1. The van der Waals surface area contributed by atoms with Crippen LogP contribution in [0.25, 0.3) is 0 Å². The van der Waals surface area contributed by atoms with E-state index in [0.717, 1.165) is 21.9 Å². The van der Waals surface area contributed by atoms with Crippen molar-refractivity contribution in [2.24, 2.45) is 0 Å². The zero-order chi connectivity index (χ0) is 16.3. The zero-order valence-electron chi connectivity index (χ0n) is 12.3. The predicted octanol–water partition coefficient (Wildman–Crippen LogP) is 1.54. The van der Waals surface area contributed by atoms with Gasteiger partial charge in [-0.15, -0.1) is 0 Å². The summed E-state index contributed by atoms with van der Waals surface area (Å²) in [5.41, 5.74) is 1.66. The van der Waals surface area contributed by atoms with Crippen molar-refractivity contribution in [2.75, 3.05) is 0 Å². The fourth-order valence-electron chi connectivity index (χ4n) is 1.98. The van der Waals surface area contributed by atoms with Crippen molar-refractivity contribution in [2.45, 2.75) is 26.9 Å². The summed E-state index contributed by atoms with van der Waals surface area (Å²) in [7, 11) is 0. The molecule has 1 aromatic heterocycles. The van der Waals surface area contributed by atoms with Gasteiger partial charge in [-0.3, -0.25) is 14.2 Å². The van der Waals surface area contributed by atoms with Crippen molar-refractivity contribution < 1.29 is 14.7 Å². The lowest BCUT2D eigenvalue weighted by Gasteiger charge is -2.08. The Morgan fingerprint density at radius 1 is 1.32 bits per heavy atom. The topological polar surface area (TPSA) is 88.4 Å². The SMILES string of the molecule is Cc1sc(=O)n(CC(=O)NCc2cccc(C(=O)O)c2)c1C. The summed E-state index contributed by atoms with van der Waals surface area (Å²) in [6.07, 6.45) is 0. The van der Waals surface area contributed by atoms with E-state index >= 15 is 0 Å². The van der Waals surface area contributed by atoms with E-state index in [1.807, 2.05) is 6.92 Å². The van der Waals surface area contributed by atoms with Crippen molar-refractivity contribution in [3.05, 3.63) is 55.6 Å². The van der Waals surface area contributed by atoms with Crippen LogP contribution < -0.4 is 10.2 Å². The maximum atomic E-state index is 11.9. The van der Waals surface area contributed by atoms with Crippen LogP contribution in [0.5, 0.6) is 0 Å². The van der Waals surface area contributed by atoms with Crippen molar-refractivity contribution in [1.82, 2.24) is 9.88 Å². The smallest absolute Gasteiger partial charge is 0.335 e. The number of carbonyl (C=O) groups is 2. The molecule has 116 valence electrons. The molecule has 0 saturated heterocycles. The molecule has 1 amide bonds. The van der Waals surface area contributed by atoms with Crippen LogP contribution in [0.2, 0.25) is 0 Å². The molecule has 7 heteroatoms. The van der Waals surface area contributed by atoms with Gasteiger partial charge in [0.1, 0.15) is 6.54 Å². The van der Waals surface area contributed by atoms with Crippen LogP contribution in [-0.2, 0) is 17.9 Å². The number of hydrogen-bond acceptors (Lipinski definition) is 4. The van der Waals surface area contributed by atoms with E-state index in [1.165, 1.54) is 16.7 Å². The summed E-state index contributed by atoms with van der Waals surface area (Å²) in [6.45, 7) is 3.83. The van der Waals surface area contributed by atoms with E-state index in [4.69, 9.17) is 5.11 Å². The average molecular weight is 320 g/mol. The minimum absolute atomic E-state index is 0.0341. The lowest BCUT2D eigenvalue weighted by atomic mass is 10.1. The number of carboxylic acids is 1. The Morgan fingerprint density at radius 3 is 2.64 bits per heavy atom. The Kier molecular flexibility index (Phi) is 4.77. The van der Waals surface area contributed by atoms with Crippen LogP contribution in [0.1, 0.15) is 26.5 Å². The molecule has 22 heavy (non-hydrogen) atoms. The standard InChI is InChI=1S/C15H16N2O4S/c1-9-10(2)22-15(21)17(9)8-13(18)16-7-11-4-3-5-12(6-11)14(19)20/h3-6H,7-8H2,1-2H3,(H,16,18)(H,19,20). The number of aryl methyl sites for hydroxylation is 1. The molecule has 2 N–H and O–H groups in total. The minimum atomic E-state index is -1.01. The van der Waals surface area contributed by atoms with Gasteiger partial charge < -0.3 is 10.4 Å². The number of benzene rings is 1. The first-order chi connectivity index (χ1) is 10.4. The average Bonchev–Trinajstić information content (AvgIpc) is 2.72. The van der Waals surface area contributed by atoms with Gasteiger partial charge in [0.15, 0.2) is 0 Å². The Balaban J connectivity index is 2.00. The number of amides is 1. The van der Waals surface area contributed by atoms with Gasteiger partial charge >= 0.3 is 10.8 Å². The van der Waals surface area contributed by atoms with E-state index < -0.39 is 5.97 Å².